The summed E-state index contributed by atoms with van der Waals surface area (Å²) in [5, 5.41) is 7.51. The molecule has 6 heteroatoms. The number of nitrogens with one attached hydrogen (secondary N) is 2. The standard InChI is InChI=1S/C14H16N2O3S/c1-18-12-6-5-10(8-13(12)19-2)16-14(17)15-9-11-4-3-7-20-11/h3-8H,9H2,1-2H3,(H2,15,16,17). The number of rotatable bonds is 5. The number of benzene rings is 1. The Morgan fingerprint density at radius 2 is 2.00 bits per heavy atom. The topological polar surface area (TPSA) is 59.6 Å². The first-order valence-electron chi connectivity index (χ1n) is 6.02. The molecular formula is C14H16N2O3S. The predicted molar refractivity (Wildman–Crippen MR) is 79.7 cm³/mol. The van der Waals surface area contributed by atoms with E-state index in [0.29, 0.717) is 23.7 Å². The van der Waals surface area contributed by atoms with Crippen LogP contribution in [0, 0.1) is 0 Å². The summed E-state index contributed by atoms with van der Waals surface area (Å²) in [5.41, 5.74) is 0.645. The van der Waals surface area contributed by atoms with Gasteiger partial charge in [-0.05, 0) is 23.6 Å². The number of hydrogen-bond donors (Lipinski definition) is 2. The highest BCUT2D eigenvalue weighted by Crippen LogP contribution is 2.29. The van der Waals surface area contributed by atoms with Crippen molar-refractivity contribution in [3.05, 3.63) is 40.6 Å². The van der Waals surface area contributed by atoms with Gasteiger partial charge in [-0.3, -0.25) is 0 Å². The molecule has 1 aromatic heterocycles. The van der Waals surface area contributed by atoms with Crippen LogP contribution in [0.5, 0.6) is 11.5 Å². The van der Waals surface area contributed by atoms with E-state index in [9.17, 15) is 4.79 Å². The number of thiophene rings is 1. The Morgan fingerprint density at radius 3 is 2.65 bits per heavy atom. The molecule has 106 valence electrons. The van der Waals surface area contributed by atoms with Crippen LogP contribution in [-0.2, 0) is 6.54 Å². The molecular weight excluding hydrogens is 276 g/mol. The summed E-state index contributed by atoms with van der Waals surface area (Å²) in [6.07, 6.45) is 0. The van der Waals surface area contributed by atoms with Crippen molar-refractivity contribution >= 4 is 23.1 Å². The van der Waals surface area contributed by atoms with E-state index in [1.165, 1.54) is 0 Å². The molecule has 0 aliphatic rings. The van der Waals surface area contributed by atoms with E-state index in [-0.39, 0.29) is 6.03 Å². The van der Waals surface area contributed by atoms with Crippen LogP contribution >= 0.6 is 11.3 Å². The molecule has 1 aromatic carbocycles. The molecule has 2 amide bonds. The molecule has 20 heavy (non-hydrogen) atoms. The third-order valence-electron chi connectivity index (χ3n) is 2.64. The summed E-state index contributed by atoms with van der Waals surface area (Å²) < 4.78 is 10.3. The van der Waals surface area contributed by atoms with E-state index in [1.54, 1.807) is 43.8 Å². The number of amides is 2. The van der Waals surface area contributed by atoms with E-state index in [0.717, 1.165) is 4.88 Å². The van der Waals surface area contributed by atoms with Crippen LogP contribution in [0.15, 0.2) is 35.7 Å². The largest absolute Gasteiger partial charge is 0.493 e. The Kier molecular flexibility index (Phi) is 4.84. The minimum Gasteiger partial charge on any atom is -0.493 e. The first-order chi connectivity index (χ1) is 9.72. The van der Waals surface area contributed by atoms with E-state index in [4.69, 9.17) is 9.47 Å². The average molecular weight is 292 g/mol. The van der Waals surface area contributed by atoms with Crippen molar-refractivity contribution in [1.29, 1.82) is 0 Å². The third-order valence-corrected chi connectivity index (χ3v) is 3.52. The molecule has 2 aromatic rings. The van der Waals surface area contributed by atoms with Gasteiger partial charge in [0, 0.05) is 16.6 Å². The van der Waals surface area contributed by atoms with Crippen LogP contribution in [0.4, 0.5) is 10.5 Å². The lowest BCUT2D eigenvalue weighted by molar-refractivity contribution is 0.252. The van der Waals surface area contributed by atoms with E-state index >= 15 is 0 Å². The maximum absolute atomic E-state index is 11.8. The lowest BCUT2D eigenvalue weighted by Gasteiger charge is -2.11. The number of carbonyl (C=O) groups is 1. The predicted octanol–water partition coefficient (Wildman–Crippen LogP) is 3.09. The Labute approximate surface area is 121 Å². The molecule has 0 saturated heterocycles. The fourth-order valence-electron chi connectivity index (χ4n) is 1.67. The Hall–Kier alpha value is -2.21. The fraction of sp³-hybridized carbons (Fsp3) is 0.214. The van der Waals surface area contributed by atoms with E-state index in [2.05, 4.69) is 10.6 Å². The monoisotopic (exact) mass is 292 g/mol. The van der Waals surface area contributed by atoms with Crippen LogP contribution in [-0.4, -0.2) is 20.3 Å². The highest BCUT2D eigenvalue weighted by Gasteiger charge is 2.07. The molecule has 0 radical (unpaired) electrons. The van der Waals surface area contributed by atoms with Crippen molar-refractivity contribution in [2.45, 2.75) is 6.54 Å². The van der Waals surface area contributed by atoms with E-state index in [1.807, 2.05) is 17.5 Å². The summed E-state index contributed by atoms with van der Waals surface area (Å²) in [5.74, 6) is 1.20. The van der Waals surface area contributed by atoms with Crippen LogP contribution in [0.1, 0.15) is 4.88 Å². The van der Waals surface area contributed by atoms with Crippen molar-refractivity contribution in [2.24, 2.45) is 0 Å². The normalized spacial score (nSPS) is 9.90. The van der Waals surface area contributed by atoms with E-state index < -0.39 is 0 Å². The SMILES string of the molecule is COc1ccc(NC(=O)NCc2cccs2)cc1OC. The maximum Gasteiger partial charge on any atom is 0.319 e. The zero-order valence-electron chi connectivity index (χ0n) is 11.3. The Bertz CT molecular complexity index is 570. The molecule has 0 aliphatic carbocycles. The van der Waals surface area contributed by atoms with Crippen LogP contribution < -0.4 is 20.1 Å². The van der Waals surface area contributed by atoms with Gasteiger partial charge in [0.1, 0.15) is 0 Å². The first kappa shape index (κ1) is 14.2. The third kappa shape index (κ3) is 3.64. The van der Waals surface area contributed by atoms with Crippen LogP contribution in [0.25, 0.3) is 0 Å². The van der Waals surface area contributed by atoms with Gasteiger partial charge in [0.2, 0.25) is 0 Å². The second-order valence-electron chi connectivity index (χ2n) is 3.96. The molecule has 0 aliphatic heterocycles. The smallest absolute Gasteiger partial charge is 0.319 e. The molecule has 0 atom stereocenters. The lowest BCUT2D eigenvalue weighted by atomic mass is 10.3. The number of anilines is 1. The molecule has 2 N–H and O–H groups in total. The number of ether oxygens (including phenoxy) is 2. The molecule has 0 fully saturated rings. The Morgan fingerprint density at radius 1 is 1.20 bits per heavy atom. The average Bonchev–Trinajstić information content (AvgIpc) is 2.98. The molecule has 5 nitrogen and oxygen atoms in total. The summed E-state index contributed by atoms with van der Waals surface area (Å²) >= 11 is 1.60. The molecule has 0 spiro atoms. The lowest BCUT2D eigenvalue weighted by Crippen LogP contribution is -2.27. The zero-order chi connectivity index (χ0) is 14.4. The van der Waals surface area contributed by atoms with Gasteiger partial charge in [-0.25, -0.2) is 4.79 Å². The summed E-state index contributed by atoms with van der Waals surface area (Å²) in [6.45, 7) is 0.511. The van der Waals surface area contributed by atoms with Crippen LogP contribution in [0.2, 0.25) is 0 Å². The molecule has 2 rings (SSSR count). The highest BCUT2D eigenvalue weighted by molar-refractivity contribution is 7.09. The van der Waals surface area contributed by atoms with Gasteiger partial charge in [-0.15, -0.1) is 11.3 Å². The van der Waals surface area contributed by atoms with Gasteiger partial charge in [-0.1, -0.05) is 6.07 Å². The van der Waals surface area contributed by atoms with Gasteiger partial charge in [0.25, 0.3) is 0 Å². The van der Waals surface area contributed by atoms with Crippen molar-refractivity contribution in [3.8, 4) is 11.5 Å². The van der Waals surface area contributed by atoms with Crippen molar-refractivity contribution < 1.29 is 14.3 Å². The van der Waals surface area contributed by atoms with Gasteiger partial charge in [0.15, 0.2) is 11.5 Å². The second kappa shape index (κ2) is 6.81. The minimum atomic E-state index is -0.259. The Balaban J connectivity index is 1.93. The fourth-order valence-corrected chi connectivity index (χ4v) is 2.31. The van der Waals surface area contributed by atoms with Gasteiger partial charge >= 0.3 is 6.03 Å². The van der Waals surface area contributed by atoms with Crippen molar-refractivity contribution in [1.82, 2.24) is 5.32 Å². The van der Waals surface area contributed by atoms with Gasteiger partial charge < -0.3 is 20.1 Å². The zero-order valence-corrected chi connectivity index (χ0v) is 12.1. The van der Waals surface area contributed by atoms with Crippen molar-refractivity contribution in [3.63, 3.8) is 0 Å². The highest BCUT2D eigenvalue weighted by atomic mass is 32.1. The molecule has 0 saturated carbocycles. The molecule has 1 heterocycles. The molecule has 0 unspecified atom stereocenters. The quantitative estimate of drug-likeness (QED) is 0.890. The molecule has 0 bridgehead atoms. The number of carbonyl (C=O) groups excluding carboxylic acids is 1. The van der Waals surface area contributed by atoms with Crippen molar-refractivity contribution in [2.75, 3.05) is 19.5 Å². The minimum absolute atomic E-state index is 0.259. The second-order valence-corrected chi connectivity index (χ2v) is 4.99. The van der Waals surface area contributed by atoms with Gasteiger partial charge in [0.05, 0.1) is 20.8 Å². The summed E-state index contributed by atoms with van der Waals surface area (Å²) in [4.78, 5) is 12.9. The maximum atomic E-state index is 11.8. The first-order valence-corrected chi connectivity index (χ1v) is 6.90. The van der Waals surface area contributed by atoms with Crippen LogP contribution in [0.3, 0.4) is 0 Å². The summed E-state index contributed by atoms with van der Waals surface area (Å²) in [6, 6.07) is 8.88. The van der Waals surface area contributed by atoms with Gasteiger partial charge in [-0.2, -0.15) is 0 Å². The number of methoxy groups -OCH3 is 2. The number of urea groups is 1. The number of hydrogen-bond acceptors (Lipinski definition) is 4. The summed E-state index contributed by atoms with van der Waals surface area (Å²) in [7, 11) is 3.12.